The van der Waals surface area contributed by atoms with Gasteiger partial charge in [-0.15, -0.1) is 11.3 Å². The van der Waals surface area contributed by atoms with Crippen molar-refractivity contribution in [3.05, 3.63) is 69.7 Å². The molecular weight excluding hydrogens is 389 g/mol. The van der Waals surface area contributed by atoms with E-state index in [-0.39, 0.29) is 12.5 Å². The molecule has 3 rings (SSSR count). The molecule has 0 saturated carbocycles. The predicted octanol–water partition coefficient (Wildman–Crippen LogP) is 5.19. The summed E-state index contributed by atoms with van der Waals surface area (Å²) in [5.41, 5.74) is 2.56. The highest BCUT2D eigenvalue weighted by Gasteiger charge is 2.12. The molecule has 0 aliphatic heterocycles. The van der Waals surface area contributed by atoms with Crippen molar-refractivity contribution in [3.63, 3.8) is 0 Å². The summed E-state index contributed by atoms with van der Waals surface area (Å²) in [6.07, 6.45) is 0. The molecule has 1 amide bonds. The van der Waals surface area contributed by atoms with Crippen molar-refractivity contribution in [1.82, 2.24) is 9.88 Å². The summed E-state index contributed by atoms with van der Waals surface area (Å²) in [7, 11) is 1.88. The molecule has 1 N–H and O–H groups in total. The van der Waals surface area contributed by atoms with Gasteiger partial charge < -0.3 is 5.32 Å². The number of likely N-dealkylation sites (N-methyl/N-ethyl adjacent to an activating group) is 1. The molecule has 4 nitrogen and oxygen atoms in total. The highest BCUT2D eigenvalue weighted by Crippen LogP contribution is 2.30. The highest BCUT2D eigenvalue weighted by atomic mass is 35.5. The van der Waals surface area contributed by atoms with Crippen LogP contribution >= 0.6 is 34.5 Å². The van der Waals surface area contributed by atoms with Crippen molar-refractivity contribution in [2.45, 2.75) is 6.54 Å². The minimum Gasteiger partial charge on any atom is -0.325 e. The summed E-state index contributed by atoms with van der Waals surface area (Å²) < 4.78 is 0. The van der Waals surface area contributed by atoms with Gasteiger partial charge in [0.15, 0.2) is 0 Å². The Morgan fingerprint density at radius 3 is 2.62 bits per heavy atom. The first-order valence-corrected chi connectivity index (χ1v) is 9.58. The van der Waals surface area contributed by atoms with Crippen molar-refractivity contribution in [3.8, 4) is 10.6 Å². The van der Waals surface area contributed by atoms with E-state index >= 15 is 0 Å². The lowest BCUT2D eigenvalue weighted by Gasteiger charge is -2.15. The average Bonchev–Trinajstić information content (AvgIpc) is 3.05. The topological polar surface area (TPSA) is 45.2 Å². The van der Waals surface area contributed by atoms with E-state index in [2.05, 4.69) is 10.3 Å². The second-order valence-electron chi connectivity index (χ2n) is 5.85. The molecule has 2 aromatic carbocycles. The van der Waals surface area contributed by atoms with Gasteiger partial charge in [0.1, 0.15) is 5.01 Å². The van der Waals surface area contributed by atoms with Crippen LogP contribution in [-0.4, -0.2) is 29.4 Å². The van der Waals surface area contributed by atoms with Gasteiger partial charge in [-0.25, -0.2) is 4.98 Å². The highest BCUT2D eigenvalue weighted by molar-refractivity contribution is 7.13. The molecule has 0 atom stereocenters. The Labute approximate surface area is 166 Å². The van der Waals surface area contributed by atoms with E-state index in [0.29, 0.717) is 16.6 Å². The van der Waals surface area contributed by atoms with E-state index in [1.54, 1.807) is 35.6 Å². The van der Waals surface area contributed by atoms with Crippen LogP contribution in [0.5, 0.6) is 0 Å². The fourth-order valence-corrected chi connectivity index (χ4v) is 3.71. The number of carbonyl (C=O) groups excluding carboxylic acids is 1. The van der Waals surface area contributed by atoms with E-state index < -0.39 is 0 Å². The van der Waals surface area contributed by atoms with Gasteiger partial charge in [-0.1, -0.05) is 41.4 Å². The smallest absolute Gasteiger partial charge is 0.238 e. The lowest BCUT2D eigenvalue weighted by Crippen LogP contribution is -2.29. The van der Waals surface area contributed by atoms with Crippen LogP contribution in [0.3, 0.4) is 0 Å². The zero-order valence-corrected chi connectivity index (χ0v) is 16.4. The van der Waals surface area contributed by atoms with Gasteiger partial charge in [0.05, 0.1) is 17.3 Å². The molecule has 1 heterocycles. The lowest BCUT2D eigenvalue weighted by atomic mass is 10.2. The van der Waals surface area contributed by atoms with Gasteiger partial charge in [-0.3, -0.25) is 9.69 Å². The minimum atomic E-state index is -0.0867. The Morgan fingerprint density at radius 1 is 1.15 bits per heavy atom. The van der Waals surface area contributed by atoms with E-state index in [4.69, 9.17) is 23.2 Å². The predicted molar refractivity (Wildman–Crippen MR) is 109 cm³/mol. The van der Waals surface area contributed by atoms with E-state index in [0.717, 1.165) is 22.0 Å². The molecular formula is C19H17Cl2N3OS. The number of carbonyl (C=O) groups is 1. The van der Waals surface area contributed by atoms with Crippen LogP contribution in [0, 0.1) is 0 Å². The number of hydrogen-bond donors (Lipinski definition) is 1. The Morgan fingerprint density at radius 2 is 1.88 bits per heavy atom. The maximum Gasteiger partial charge on any atom is 0.238 e. The van der Waals surface area contributed by atoms with Gasteiger partial charge in [-0.05, 0) is 37.4 Å². The third-order valence-electron chi connectivity index (χ3n) is 3.63. The summed E-state index contributed by atoms with van der Waals surface area (Å²) in [6, 6.07) is 14.7. The molecule has 7 heteroatoms. The second-order valence-corrected chi connectivity index (χ2v) is 7.55. The van der Waals surface area contributed by atoms with Gasteiger partial charge in [0.2, 0.25) is 5.91 Å². The molecule has 0 radical (unpaired) electrons. The van der Waals surface area contributed by atoms with Gasteiger partial charge >= 0.3 is 0 Å². The Hall–Kier alpha value is -1.92. The number of benzene rings is 2. The van der Waals surface area contributed by atoms with Gasteiger partial charge in [-0.2, -0.15) is 0 Å². The van der Waals surface area contributed by atoms with Crippen LogP contribution in [0.25, 0.3) is 10.6 Å². The molecule has 0 aliphatic rings. The zero-order chi connectivity index (χ0) is 18.5. The van der Waals surface area contributed by atoms with Crippen LogP contribution in [0.2, 0.25) is 10.0 Å². The SMILES string of the molecule is CN(CC(=O)Nc1ccc(Cl)cc1)Cc1csc(-c2ccccc2Cl)n1. The normalized spacial score (nSPS) is 10.9. The van der Waals surface area contributed by atoms with Crippen LogP contribution in [0.15, 0.2) is 53.9 Å². The molecule has 0 unspecified atom stereocenters. The third kappa shape index (κ3) is 5.05. The number of rotatable bonds is 6. The molecule has 134 valence electrons. The first-order chi connectivity index (χ1) is 12.5. The maximum atomic E-state index is 12.1. The number of thiazole rings is 1. The standard InChI is InChI=1S/C19H17Cl2N3OS/c1-24(11-18(25)22-14-8-6-13(20)7-9-14)10-15-12-26-19(23-15)16-4-2-3-5-17(16)21/h2-9,12H,10-11H2,1H3,(H,22,25). The Kier molecular flexibility index (Phi) is 6.27. The number of nitrogens with one attached hydrogen (secondary N) is 1. The number of nitrogens with zero attached hydrogens (tertiary/aromatic N) is 2. The van der Waals surface area contributed by atoms with E-state index in [1.165, 1.54) is 0 Å². The molecule has 3 aromatic rings. The Bertz CT molecular complexity index is 896. The largest absolute Gasteiger partial charge is 0.325 e. The quantitative estimate of drug-likeness (QED) is 0.613. The summed E-state index contributed by atoms with van der Waals surface area (Å²) >= 11 is 13.6. The van der Waals surface area contributed by atoms with Gasteiger partial charge in [0.25, 0.3) is 0 Å². The molecule has 26 heavy (non-hydrogen) atoms. The molecule has 1 aromatic heterocycles. The number of aromatic nitrogens is 1. The van der Waals surface area contributed by atoms with Crippen molar-refractivity contribution in [2.75, 3.05) is 18.9 Å². The zero-order valence-electron chi connectivity index (χ0n) is 14.1. The monoisotopic (exact) mass is 405 g/mol. The number of amides is 1. The average molecular weight is 406 g/mol. The van der Waals surface area contributed by atoms with Gasteiger partial charge in [0, 0.05) is 28.2 Å². The van der Waals surface area contributed by atoms with Crippen molar-refractivity contribution >= 4 is 46.1 Å². The first-order valence-electron chi connectivity index (χ1n) is 7.94. The van der Waals surface area contributed by atoms with Crippen LogP contribution in [0.1, 0.15) is 5.69 Å². The van der Waals surface area contributed by atoms with Crippen molar-refractivity contribution in [2.24, 2.45) is 0 Å². The van der Waals surface area contributed by atoms with Crippen LogP contribution in [0.4, 0.5) is 5.69 Å². The van der Waals surface area contributed by atoms with E-state index in [9.17, 15) is 4.79 Å². The first kappa shape index (κ1) is 18.9. The van der Waals surface area contributed by atoms with Crippen molar-refractivity contribution in [1.29, 1.82) is 0 Å². The molecule has 0 fully saturated rings. The molecule has 0 spiro atoms. The number of hydrogen-bond acceptors (Lipinski definition) is 4. The fourth-order valence-electron chi connectivity index (χ4n) is 2.45. The van der Waals surface area contributed by atoms with E-state index in [1.807, 2.05) is 41.6 Å². The minimum absolute atomic E-state index is 0.0867. The second kappa shape index (κ2) is 8.64. The van der Waals surface area contributed by atoms with Crippen LogP contribution < -0.4 is 5.32 Å². The molecule has 0 bridgehead atoms. The summed E-state index contributed by atoms with van der Waals surface area (Å²) in [5.74, 6) is -0.0867. The third-order valence-corrected chi connectivity index (χ3v) is 5.14. The molecule has 0 saturated heterocycles. The van der Waals surface area contributed by atoms with Crippen molar-refractivity contribution < 1.29 is 4.79 Å². The maximum absolute atomic E-state index is 12.1. The summed E-state index contributed by atoms with van der Waals surface area (Å²) in [5, 5.41) is 7.04. The lowest BCUT2D eigenvalue weighted by molar-refractivity contribution is -0.117. The summed E-state index contributed by atoms with van der Waals surface area (Å²) in [4.78, 5) is 18.7. The fraction of sp³-hybridized carbons (Fsp3) is 0.158. The van der Waals surface area contributed by atoms with Crippen LogP contribution in [-0.2, 0) is 11.3 Å². The summed E-state index contributed by atoms with van der Waals surface area (Å²) in [6.45, 7) is 0.844. The molecule has 0 aliphatic carbocycles. The number of anilines is 1. The number of halogens is 2. The Balaban J connectivity index is 1.56.